The Morgan fingerprint density at radius 3 is 2.46 bits per heavy atom. The van der Waals surface area contributed by atoms with E-state index < -0.39 is 21.7 Å². The number of allylic oxidation sites excluding steroid dienone is 2. The maximum absolute atomic E-state index is 13.8. The van der Waals surface area contributed by atoms with Gasteiger partial charge in [-0.3, -0.25) is 9.00 Å². The number of esters is 1. The molecule has 4 aliphatic rings. The summed E-state index contributed by atoms with van der Waals surface area (Å²) in [5.41, 5.74) is -0.278. The third kappa shape index (κ3) is 1.68. The van der Waals surface area contributed by atoms with Crippen LogP contribution in [0.4, 0.5) is 0 Å². The minimum Gasteiger partial charge on any atom is -0.468 e. The van der Waals surface area contributed by atoms with Crippen molar-refractivity contribution in [1.29, 1.82) is 0 Å². The largest absolute Gasteiger partial charge is 0.468 e. The molecule has 134 valence electrons. The molecule has 0 aromatic rings. The topological polar surface area (TPSA) is 63.6 Å². The van der Waals surface area contributed by atoms with E-state index in [0.717, 1.165) is 19.3 Å². The van der Waals surface area contributed by atoms with Gasteiger partial charge in [-0.05, 0) is 42.9 Å². The van der Waals surface area contributed by atoms with E-state index >= 15 is 0 Å². The number of fused-ring (bicyclic) bond motifs is 4. The van der Waals surface area contributed by atoms with E-state index in [1.807, 2.05) is 0 Å². The van der Waals surface area contributed by atoms with E-state index in [0.29, 0.717) is 12.3 Å². The van der Waals surface area contributed by atoms with Gasteiger partial charge < -0.3 is 9.84 Å². The summed E-state index contributed by atoms with van der Waals surface area (Å²) >= 11 is 0. The molecule has 2 unspecified atom stereocenters. The zero-order valence-electron chi connectivity index (χ0n) is 15.0. The minimum absolute atomic E-state index is 0.0157. The lowest BCUT2D eigenvalue weighted by atomic mass is 9.70. The van der Waals surface area contributed by atoms with Gasteiger partial charge in [-0.25, -0.2) is 0 Å². The van der Waals surface area contributed by atoms with Crippen LogP contribution in [-0.4, -0.2) is 38.5 Å². The molecular formula is C19H28O4S. The highest BCUT2D eigenvalue weighted by Gasteiger charge is 2.71. The van der Waals surface area contributed by atoms with E-state index in [2.05, 4.69) is 32.9 Å². The summed E-state index contributed by atoms with van der Waals surface area (Å²) in [6, 6.07) is 0. The van der Waals surface area contributed by atoms with Crippen LogP contribution in [0.25, 0.3) is 0 Å². The number of carbonyl (C=O) groups is 1. The van der Waals surface area contributed by atoms with Crippen LogP contribution in [0.5, 0.6) is 0 Å². The smallest absolute Gasteiger partial charge is 0.325 e. The molecule has 0 heterocycles. The van der Waals surface area contributed by atoms with Crippen molar-refractivity contribution in [2.75, 3.05) is 7.11 Å². The average molecular weight is 352 g/mol. The Bertz CT molecular complexity index is 641. The van der Waals surface area contributed by atoms with Gasteiger partial charge in [0.05, 0.1) is 18.5 Å². The third-order valence-corrected chi connectivity index (χ3v) is 10.6. The van der Waals surface area contributed by atoms with Crippen molar-refractivity contribution in [3.05, 3.63) is 12.2 Å². The van der Waals surface area contributed by atoms with Crippen molar-refractivity contribution in [2.45, 2.75) is 62.6 Å². The normalized spacial score (nSPS) is 52.0. The molecule has 24 heavy (non-hydrogen) atoms. The number of carbonyl (C=O) groups excluding carboxylic acids is 1. The number of ether oxygens (including phenoxy) is 1. The number of rotatable bonds is 3. The first-order valence-electron chi connectivity index (χ1n) is 9.05. The maximum atomic E-state index is 13.8. The fourth-order valence-electron chi connectivity index (χ4n) is 6.29. The van der Waals surface area contributed by atoms with Gasteiger partial charge in [-0.1, -0.05) is 32.9 Å². The standard InChI is InChI=1S/C19H28O4S/c1-17(2)13-7-8-18(17,3)15(20)14(13)24(22)19(16(21)23-4)10-11-5-6-12(19)9-11/h5-6,11-15,20H,7-10H2,1-4H3/t11-,12+,13-,14?,15-,18+,19+,24?/m1/s1. The number of aliphatic hydroxyl groups is 1. The van der Waals surface area contributed by atoms with Crippen molar-refractivity contribution in [1.82, 2.24) is 0 Å². The highest BCUT2D eigenvalue weighted by molar-refractivity contribution is 7.88. The lowest BCUT2D eigenvalue weighted by Gasteiger charge is -2.39. The SMILES string of the molecule is COC(=O)[C@]1(S(=O)C2[C@H]3CC[C@@](C)([C@@H]2O)C3(C)C)C[C@@H]2C=C[C@H]1C2. The Hall–Kier alpha value is -0.680. The molecule has 0 aromatic carbocycles. The van der Waals surface area contributed by atoms with Crippen LogP contribution in [-0.2, 0) is 20.3 Å². The van der Waals surface area contributed by atoms with Crippen LogP contribution < -0.4 is 0 Å². The van der Waals surface area contributed by atoms with Gasteiger partial charge in [-0.2, -0.15) is 0 Å². The van der Waals surface area contributed by atoms with Crippen LogP contribution >= 0.6 is 0 Å². The number of hydrogen-bond acceptors (Lipinski definition) is 4. The lowest BCUT2D eigenvalue weighted by molar-refractivity contribution is -0.144. The molecule has 0 saturated heterocycles. The molecule has 0 aliphatic heterocycles. The lowest BCUT2D eigenvalue weighted by Crippen LogP contribution is -2.55. The summed E-state index contributed by atoms with van der Waals surface area (Å²) in [6.07, 6.45) is 7.02. The zero-order valence-corrected chi connectivity index (χ0v) is 15.8. The summed E-state index contributed by atoms with van der Waals surface area (Å²) in [5.74, 6) is 0.147. The molecule has 5 heteroatoms. The van der Waals surface area contributed by atoms with Crippen LogP contribution in [0.15, 0.2) is 12.2 Å². The van der Waals surface area contributed by atoms with Crippen LogP contribution in [0.1, 0.15) is 46.5 Å². The molecule has 3 saturated carbocycles. The van der Waals surface area contributed by atoms with Crippen LogP contribution in [0, 0.1) is 28.6 Å². The molecule has 0 amide bonds. The third-order valence-electron chi connectivity index (χ3n) is 8.21. The fourth-order valence-corrected chi connectivity index (χ4v) is 9.19. The zero-order chi connectivity index (χ0) is 17.5. The Labute approximate surface area is 146 Å². The number of methoxy groups -OCH3 is 1. The second-order valence-corrected chi connectivity index (χ2v) is 10.9. The average Bonchev–Trinajstić information content (AvgIpc) is 3.24. The van der Waals surface area contributed by atoms with Crippen LogP contribution in [0.2, 0.25) is 0 Å². The predicted molar refractivity (Wildman–Crippen MR) is 92.7 cm³/mol. The molecule has 3 fully saturated rings. The van der Waals surface area contributed by atoms with Gasteiger partial charge in [0.15, 0.2) is 0 Å². The van der Waals surface area contributed by atoms with Crippen molar-refractivity contribution in [2.24, 2.45) is 28.6 Å². The van der Waals surface area contributed by atoms with E-state index in [4.69, 9.17) is 4.74 Å². The summed E-state index contributed by atoms with van der Waals surface area (Å²) in [7, 11) is -0.0484. The van der Waals surface area contributed by atoms with Gasteiger partial charge in [0.2, 0.25) is 0 Å². The molecule has 4 aliphatic carbocycles. The predicted octanol–water partition coefficient (Wildman–Crippen LogP) is 2.43. The Morgan fingerprint density at radius 2 is 2.00 bits per heavy atom. The molecule has 0 spiro atoms. The van der Waals surface area contributed by atoms with Gasteiger partial charge in [0, 0.05) is 22.1 Å². The number of hydrogen-bond donors (Lipinski definition) is 1. The van der Waals surface area contributed by atoms with Crippen molar-refractivity contribution in [3.8, 4) is 0 Å². The summed E-state index contributed by atoms with van der Waals surface area (Å²) in [5, 5.41) is 10.8. The van der Waals surface area contributed by atoms with Crippen LogP contribution in [0.3, 0.4) is 0 Å². The monoisotopic (exact) mass is 352 g/mol. The van der Waals surface area contributed by atoms with Crippen molar-refractivity contribution < 1.29 is 18.8 Å². The summed E-state index contributed by atoms with van der Waals surface area (Å²) < 4.78 is 18.0. The maximum Gasteiger partial charge on any atom is 0.325 e. The molecule has 0 radical (unpaired) electrons. The van der Waals surface area contributed by atoms with Gasteiger partial charge in [-0.15, -0.1) is 0 Å². The van der Waals surface area contributed by atoms with Gasteiger partial charge in [0.25, 0.3) is 0 Å². The van der Waals surface area contributed by atoms with Gasteiger partial charge in [0.1, 0.15) is 4.75 Å². The molecule has 4 bridgehead atoms. The van der Waals surface area contributed by atoms with Gasteiger partial charge >= 0.3 is 5.97 Å². The second-order valence-electron chi connectivity index (χ2n) is 9.06. The van der Waals surface area contributed by atoms with E-state index in [9.17, 15) is 14.1 Å². The molecule has 4 rings (SSSR count). The number of aliphatic hydroxyl groups excluding tert-OH is 1. The first kappa shape index (κ1) is 16.8. The van der Waals surface area contributed by atoms with Crippen molar-refractivity contribution in [3.63, 3.8) is 0 Å². The summed E-state index contributed by atoms with van der Waals surface area (Å²) in [6.45, 7) is 6.51. The Morgan fingerprint density at radius 1 is 1.29 bits per heavy atom. The molecule has 0 aromatic heterocycles. The molecule has 1 N–H and O–H groups in total. The minimum atomic E-state index is -1.44. The first-order valence-corrected chi connectivity index (χ1v) is 10.3. The van der Waals surface area contributed by atoms with E-state index in [-0.39, 0.29) is 33.9 Å². The molecule has 8 atom stereocenters. The highest BCUT2D eigenvalue weighted by atomic mass is 32.2. The quantitative estimate of drug-likeness (QED) is 0.626. The Kier molecular flexibility index (Phi) is 3.45. The molecule has 4 nitrogen and oxygen atoms in total. The fraction of sp³-hybridized carbons (Fsp3) is 0.842. The van der Waals surface area contributed by atoms with Crippen molar-refractivity contribution >= 4 is 16.8 Å². The molecular weight excluding hydrogens is 324 g/mol. The Balaban J connectivity index is 1.76. The van der Waals surface area contributed by atoms with E-state index in [1.165, 1.54) is 7.11 Å². The summed E-state index contributed by atoms with van der Waals surface area (Å²) in [4.78, 5) is 12.7. The first-order chi connectivity index (χ1) is 11.2. The highest BCUT2D eigenvalue weighted by Crippen LogP contribution is 2.68. The van der Waals surface area contributed by atoms with E-state index in [1.54, 1.807) is 0 Å². The second kappa shape index (κ2) is 4.94.